The van der Waals surface area contributed by atoms with E-state index in [9.17, 15) is 9.90 Å². The van der Waals surface area contributed by atoms with Crippen LogP contribution in [-0.4, -0.2) is 48.2 Å². The number of nitrogens with one attached hydrogen (secondary N) is 1. The fraction of sp³-hybridized carbons (Fsp3) is 0.462. The highest BCUT2D eigenvalue weighted by atomic mass is 35.5. The van der Waals surface area contributed by atoms with Crippen molar-refractivity contribution < 1.29 is 9.90 Å². The van der Waals surface area contributed by atoms with Crippen molar-refractivity contribution in [1.29, 1.82) is 0 Å². The van der Waals surface area contributed by atoms with E-state index in [1.54, 1.807) is 24.1 Å². The van der Waals surface area contributed by atoms with E-state index < -0.39 is 6.10 Å². The minimum atomic E-state index is -0.514. The van der Waals surface area contributed by atoms with E-state index in [4.69, 9.17) is 11.6 Å². The summed E-state index contributed by atoms with van der Waals surface area (Å²) in [6.07, 6.45) is -0.514. The number of carbonyl (C=O) groups excluding carboxylic acids is 1. The molecule has 0 bridgehead atoms. The number of nitrogens with zero attached hydrogens (tertiary/aromatic N) is 1. The summed E-state index contributed by atoms with van der Waals surface area (Å²) < 4.78 is 0. The Morgan fingerprint density at radius 2 is 2.22 bits per heavy atom. The molecular weight excluding hydrogens is 252 g/mol. The Morgan fingerprint density at radius 1 is 1.50 bits per heavy atom. The number of aryl methyl sites for hydroxylation is 1. The van der Waals surface area contributed by atoms with E-state index in [2.05, 4.69) is 5.32 Å². The zero-order valence-electron chi connectivity index (χ0n) is 10.5. The van der Waals surface area contributed by atoms with Gasteiger partial charge in [0, 0.05) is 30.7 Å². The van der Waals surface area contributed by atoms with Crippen LogP contribution in [0.2, 0.25) is 5.02 Å². The molecule has 1 aliphatic rings. The highest BCUT2D eigenvalue weighted by molar-refractivity contribution is 6.31. The van der Waals surface area contributed by atoms with Crippen molar-refractivity contribution in [2.24, 2.45) is 0 Å². The van der Waals surface area contributed by atoms with Crippen molar-refractivity contribution >= 4 is 17.5 Å². The maximum Gasteiger partial charge on any atom is 0.254 e. The number of rotatable bonds is 2. The number of β-amino-alcohol motifs (C(OH)–C–C–N with tert-alkyl or cyclic N) is 1. The molecule has 2 N–H and O–H groups in total. The van der Waals surface area contributed by atoms with Gasteiger partial charge in [-0.3, -0.25) is 4.79 Å². The molecule has 1 saturated heterocycles. The lowest BCUT2D eigenvalue weighted by Gasteiger charge is -2.26. The van der Waals surface area contributed by atoms with Crippen LogP contribution in [0.25, 0.3) is 0 Å². The summed E-state index contributed by atoms with van der Waals surface area (Å²) in [6.45, 7) is 3.03. The third kappa shape index (κ3) is 2.51. The van der Waals surface area contributed by atoms with Crippen LogP contribution in [0.3, 0.4) is 0 Å². The Morgan fingerprint density at radius 3 is 2.78 bits per heavy atom. The number of benzene rings is 1. The predicted molar refractivity (Wildman–Crippen MR) is 70.9 cm³/mol. The Bertz CT molecular complexity index is 464. The van der Waals surface area contributed by atoms with Crippen molar-refractivity contribution in [2.45, 2.75) is 19.1 Å². The Labute approximate surface area is 112 Å². The van der Waals surface area contributed by atoms with Crippen molar-refractivity contribution in [2.75, 3.05) is 20.1 Å². The van der Waals surface area contributed by atoms with Gasteiger partial charge < -0.3 is 15.3 Å². The molecule has 1 aromatic carbocycles. The maximum absolute atomic E-state index is 12.3. The van der Waals surface area contributed by atoms with Crippen molar-refractivity contribution in [3.63, 3.8) is 0 Å². The smallest absolute Gasteiger partial charge is 0.254 e. The first kappa shape index (κ1) is 13.3. The molecule has 98 valence electrons. The summed E-state index contributed by atoms with van der Waals surface area (Å²) in [6, 6.07) is 5.07. The third-order valence-corrected chi connectivity index (χ3v) is 3.79. The number of likely N-dealkylation sites (N-methyl/N-ethyl adjacent to an activating group) is 1. The van der Waals surface area contributed by atoms with Gasteiger partial charge in [0.2, 0.25) is 0 Å². The Kier molecular flexibility index (Phi) is 3.90. The molecule has 0 saturated carbocycles. The number of aliphatic hydroxyl groups is 1. The van der Waals surface area contributed by atoms with Crippen molar-refractivity contribution in [3.8, 4) is 0 Å². The van der Waals surface area contributed by atoms with Crippen LogP contribution in [0.1, 0.15) is 15.9 Å². The fourth-order valence-electron chi connectivity index (χ4n) is 2.13. The van der Waals surface area contributed by atoms with E-state index in [1.165, 1.54) is 0 Å². The zero-order chi connectivity index (χ0) is 13.3. The van der Waals surface area contributed by atoms with Crippen LogP contribution in [-0.2, 0) is 0 Å². The summed E-state index contributed by atoms with van der Waals surface area (Å²) in [4.78, 5) is 13.8. The summed E-state index contributed by atoms with van der Waals surface area (Å²) in [5.41, 5.74) is 1.49. The average molecular weight is 269 g/mol. The summed E-state index contributed by atoms with van der Waals surface area (Å²) in [5.74, 6) is -0.121. The van der Waals surface area contributed by atoms with Crippen LogP contribution < -0.4 is 5.32 Å². The van der Waals surface area contributed by atoms with Gasteiger partial charge in [-0.25, -0.2) is 0 Å². The van der Waals surface area contributed by atoms with E-state index in [0.29, 0.717) is 23.7 Å². The number of aliphatic hydroxyl groups excluding tert-OH is 1. The highest BCUT2D eigenvalue weighted by Gasteiger charge is 2.31. The predicted octanol–water partition coefficient (Wildman–Crippen LogP) is 1.05. The molecule has 5 heteroatoms. The SMILES string of the molecule is Cc1ccc(C(=O)N(C)[C@@H]2CNC[C@H]2O)cc1Cl. The summed E-state index contributed by atoms with van der Waals surface area (Å²) in [7, 11) is 1.71. The van der Waals surface area contributed by atoms with Gasteiger partial charge >= 0.3 is 0 Å². The largest absolute Gasteiger partial charge is 0.390 e. The molecular formula is C13H17ClN2O2. The lowest BCUT2D eigenvalue weighted by atomic mass is 10.1. The van der Waals surface area contributed by atoms with E-state index >= 15 is 0 Å². The van der Waals surface area contributed by atoms with Crippen molar-refractivity contribution in [1.82, 2.24) is 10.2 Å². The topological polar surface area (TPSA) is 52.6 Å². The average Bonchev–Trinajstić information content (AvgIpc) is 2.77. The molecule has 1 fully saturated rings. The molecule has 0 aromatic heterocycles. The normalized spacial score (nSPS) is 23.1. The summed E-state index contributed by atoms with van der Waals surface area (Å²) in [5, 5.41) is 13.4. The Balaban J connectivity index is 2.17. The number of carbonyl (C=O) groups is 1. The first-order valence-electron chi connectivity index (χ1n) is 5.93. The molecule has 4 nitrogen and oxygen atoms in total. The maximum atomic E-state index is 12.3. The molecule has 1 heterocycles. The van der Waals surface area contributed by atoms with E-state index in [1.807, 2.05) is 13.0 Å². The molecule has 2 rings (SSSR count). The lowest BCUT2D eigenvalue weighted by Crippen LogP contribution is -2.44. The van der Waals surface area contributed by atoms with Crippen LogP contribution >= 0.6 is 11.6 Å². The molecule has 0 radical (unpaired) electrons. The molecule has 0 unspecified atom stereocenters. The second-order valence-electron chi connectivity index (χ2n) is 4.67. The van der Waals surface area contributed by atoms with Gasteiger partial charge in [-0.1, -0.05) is 17.7 Å². The monoisotopic (exact) mass is 268 g/mol. The van der Waals surface area contributed by atoms with Crippen LogP contribution in [0.4, 0.5) is 0 Å². The second kappa shape index (κ2) is 5.26. The molecule has 1 aromatic rings. The minimum Gasteiger partial charge on any atom is -0.390 e. The molecule has 0 aliphatic carbocycles. The van der Waals surface area contributed by atoms with Gasteiger partial charge in [0.1, 0.15) is 0 Å². The molecule has 0 spiro atoms. The van der Waals surface area contributed by atoms with Crippen molar-refractivity contribution in [3.05, 3.63) is 34.3 Å². The van der Waals surface area contributed by atoms with E-state index in [-0.39, 0.29) is 11.9 Å². The van der Waals surface area contributed by atoms with Gasteiger partial charge in [0.25, 0.3) is 5.91 Å². The lowest BCUT2D eigenvalue weighted by molar-refractivity contribution is 0.0581. The number of hydrogen-bond donors (Lipinski definition) is 2. The second-order valence-corrected chi connectivity index (χ2v) is 5.08. The zero-order valence-corrected chi connectivity index (χ0v) is 11.2. The molecule has 18 heavy (non-hydrogen) atoms. The standard InChI is InChI=1S/C13H17ClN2O2/c1-8-3-4-9(5-10(8)14)13(18)16(2)11-6-15-7-12(11)17/h3-5,11-12,15,17H,6-7H2,1-2H3/t11-,12-/m1/s1. The quantitative estimate of drug-likeness (QED) is 0.843. The van der Waals surface area contributed by atoms with Crippen LogP contribution in [0, 0.1) is 6.92 Å². The molecule has 1 aliphatic heterocycles. The van der Waals surface area contributed by atoms with Gasteiger partial charge in [0.15, 0.2) is 0 Å². The molecule has 2 atom stereocenters. The first-order valence-corrected chi connectivity index (χ1v) is 6.30. The van der Waals surface area contributed by atoms with Gasteiger partial charge in [-0.2, -0.15) is 0 Å². The van der Waals surface area contributed by atoms with Gasteiger partial charge in [-0.05, 0) is 24.6 Å². The van der Waals surface area contributed by atoms with Crippen LogP contribution in [0.15, 0.2) is 18.2 Å². The van der Waals surface area contributed by atoms with Crippen LogP contribution in [0.5, 0.6) is 0 Å². The third-order valence-electron chi connectivity index (χ3n) is 3.39. The number of halogens is 1. The minimum absolute atomic E-state index is 0.121. The van der Waals surface area contributed by atoms with E-state index in [0.717, 1.165) is 5.56 Å². The number of amides is 1. The highest BCUT2D eigenvalue weighted by Crippen LogP contribution is 2.19. The Hall–Kier alpha value is -1.10. The number of hydrogen-bond acceptors (Lipinski definition) is 3. The van der Waals surface area contributed by atoms with Gasteiger partial charge in [0.05, 0.1) is 12.1 Å². The fourth-order valence-corrected chi connectivity index (χ4v) is 2.31. The summed E-state index contributed by atoms with van der Waals surface area (Å²) >= 11 is 6.02. The van der Waals surface area contributed by atoms with Gasteiger partial charge in [-0.15, -0.1) is 0 Å². The first-order chi connectivity index (χ1) is 8.50. The molecule has 1 amide bonds.